The van der Waals surface area contributed by atoms with E-state index in [0.29, 0.717) is 57.0 Å². The van der Waals surface area contributed by atoms with E-state index in [1.54, 1.807) is 6.07 Å². The highest BCUT2D eigenvalue weighted by atomic mass is 16.5. The van der Waals surface area contributed by atoms with E-state index in [9.17, 15) is 14.7 Å². The minimum absolute atomic E-state index is 0.0000515. The summed E-state index contributed by atoms with van der Waals surface area (Å²) in [6, 6.07) is 13.1. The molecular formula is C25H30N2O5. The van der Waals surface area contributed by atoms with E-state index in [0.717, 1.165) is 29.7 Å². The molecule has 0 aromatic heterocycles. The van der Waals surface area contributed by atoms with Gasteiger partial charge in [0.05, 0.1) is 13.2 Å². The number of ether oxygens (including phenoxy) is 2. The van der Waals surface area contributed by atoms with Crippen molar-refractivity contribution in [1.29, 1.82) is 0 Å². The van der Waals surface area contributed by atoms with Crippen LogP contribution in [0.5, 0.6) is 5.75 Å². The first-order chi connectivity index (χ1) is 15.6. The molecule has 4 rings (SSSR count). The number of fused-ring (bicyclic) bond motifs is 3. The van der Waals surface area contributed by atoms with Crippen LogP contribution in [0.15, 0.2) is 42.5 Å². The second-order valence-electron chi connectivity index (χ2n) is 8.33. The second-order valence-corrected chi connectivity index (χ2v) is 8.33. The number of hydrogen-bond acceptors (Lipinski definition) is 5. The molecule has 2 aromatic rings. The number of aliphatic hydroxyl groups excluding tert-OH is 1. The first kappa shape index (κ1) is 22.3. The number of rotatable bonds is 2. The zero-order chi connectivity index (χ0) is 22.3. The Morgan fingerprint density at radius 2 is 1.94 bits per heavy atom. The highest BCUT2D eigenvalue weighted by molar-refractivity contribution is 5.95. The van der Waals surface area contributed by atoms with E-state index in [1.165, 1.54) is 0 Å². The standard InChI is InChI=1S/C25H30N2O5/c28-17-18-6-9-27(10-7-18)25(30)21-4-5-23-22(16-21)15-19-2-1-3-20(14-19)24(29)26-8-11-31-12-13-32-23/h1-5,14,16,18,28H,6-13,15,17H2,(H,26,29). The van der Waals surface area contributed by atoms with Crippen LogP contribution in [0.3, 0.4) is 0 Å². The van der Waals surface area contributed by atoms with Crippen LogP contribution in [-0.4, -0.2) is 67.9 Å². The Labute approximate surface area is 188 Å². The molecule has 2 aromatic carbocycles. The van der Waals surface area contributed by atoms with E-state index in [4.69, 9.17) is 9.47 Å². The number of hydrogen-bond donors (Lipinski definition) is 2. The summed E-state index contributed by atoms with van der Waals surface area (Å²) in [5.74, 6) is 0.874. The third kappa shape index (κ3) is 5.47. The fraction of sp³-hybridized carbons (Fsp3) is 0.440. The molecule has 1 saturated heterocycles. The summed E-state index contributed by atoms with van der Waals surface area (Å²) in [6.45, 7) is 3.17. The summed E-state index contributed by atoms with van der Waals surface area (Å²) in [6.07, 6.45) is 2.20. The van der Waals surface area contributed by atoms with Crippen molar-refractivity contribution in [3.63, 3.8) is 0 Å². The summed E-state index contributed by atoms with van der Waals surface area (Å²) < 4.78 is 11.5. The van der Waals surface area contributed by atoms with Crippen LogP contribution in [0.2, 0.25) is 0 Å². The van der Waals surface area contributed by atoms with E-state index < -0.39 is 0 Å². The van der Waals surface area contributed by atoms with E-state index in [1.807, 2.05) is 41.3 Å². The summed E-state index contributed by atoms with van der Waals surface area (Å²) in [7, 11) is 0. The Bertz CT molecular complexity index is 953. The minimum atomic E-state index is -0.126. The van der Waals surface area contributed by atoms with Crippen molar-refractivity contribution in [1.82, 2.24) is 10.2 Å². The number of carbonyl (C=O) groups is 2. The first-order valence-electron chi connectivity index (χ1n) is 11.2. The molecule has 0 atom stereocenters. The maximum absolute atomic E-state index is 13.1. The molecular weight excluding hydrogens is 408 g/mol. The fourth-order valence-electron chi connectivity index (χ4n) is 4.19. The Morgan fingerprint density at radius 1 is 1.09 bits per heavy atom. The Morgan fingerprint density at radius 3 is 2.75 bits per heavy atom. The van der Waals surface area contributed by atoms with Gasteiger partial charge in [0, 0.05) is 43.8 Å². The monoisotopic (exact) mass is 438 g/mol. The molecule has 2 aliphatic rings. The van der Waals surface area contributed by atoms with Crippen molar-refractivity contribution >= 4 is 11.8 Å². The van der Waals surface area contributed by atoms with Gasteiger partial charge in [0.25, 0.3) is 11.8 Å². The van der Waals surface area contributed by atoms with Crippen LogP contribution in [0, 0.1) is 5.92 Å². The fourth-order valence-corrected chi connectivity index (χ4v) is 4.19. The van der Waals surface area contributed by atoms with Crippen molar-refractivity contribution < 1.29 is 24.2 Å². The van der Waals surface area contributed by atoms with Crippen LogP contribution in [-0.2, 0) is 11.2 Å². The number of piperidine rings is 1. The maximum Gasteiger partial charge on any atom is 0.253 e. The van der Waals surface area contributed by atoms with E-state index in [-0.39, 0.29) is 24.3 Å². The number of likely N-dealkylation sites (tertiary alicyclic amines) is 1. The Hall–Kier alpha value is -2.90. The molecule has 2 aliphatic heterocycles. The molecule has 0 radical (unpaired) electrons. The lowest BCUT2D eigenvalue weighted by Crippen LogP contribution is -2.39. The van der Waals surface area contributed by atoms with Gasteiger partial charge in [-0.3, -0.25) is 9.59 Å². The molecule has 0 spiro atoms. The Kier molecular flexibility index (Phi) is 7.39. The predicted octanol–water partition coefficient (Wildman–Crippen LogP) is 2.26. The molecule has 7 nitrogen and oxygen atoms in total. The lowest BCUT2D eigenvalue weighted by Gasteiger charge is -2.31. The number of amides is 2. The van der Waals surface area contributed by atoms with Crippen LogP contribution in [0.1, 0.15) is 44.7 Å². The van der Waals surface area contributed by atoms with Crippen molar-refractivity contribution in [2.45, 2.75) is 19.3 Å². The molecule has 32 heavy (non-hydrogen) atoms. The average Bonchev–Trinajstić information content (AvgIpc) is 2.83. The van der Waals surface area contributed by atoms with Crippen molar-refractivity contribution in [2.24, 2.45) is 5.92 Å². The minimum Gasteiger partial charge on any atom is -0.491 e. The second kappa shape index (κ2) is 10.6. The highest BCUT2D eigenvalue weighted by Crippen LogP contribution is 2.26. The zero-order valence-corrected chi connectivity index (χ0v) is 18.2. The predicted molar refractivity (Wildman–Crippen MR) is 120 cm³/mol. The van der Waals surface area contributed by atoms with Gasteiger partial charge in [-0.1, -0.05) is 12.1 Å². The molecule has 2 amide bonds. The highest BCUT2D eigenvalue weighted by Gasteiger charge is 2.24. The number of nitrogens with one attached hydrogen (secondary N) is 1. The molecule has 2 N–H and O–H groups in total. The van der Waals surface area contributed by atoms with Crippen LogP contribution >= 0.6 is 0 Å². The van der Waals surface area contributed by atoms with Gasteiger partial charge >= 0.3 is 0 Å². The lowest BCUT2D eigenvalue weighted by atomic mass is 9.96. The normalized spacial score (nSPS) is 18.2. The number of benzene rings is 2. The van der Waals surface area contributed by atoms with Gasteiger partial charge in [0.15, 0.2) is 0 Å². The SMILES string of the molecule is O=C1NCCOCCOc2ccc(C(=O)N3CCC(CO)CC3)cc2Cc2cccc1c2. The van der Waals surface area contributed by atoms with Crippen molar-refractivity contribution in [3.05, 3.63) is 64.7 Å². The molecule has 0 aliphatic carbocycles. The van der Waals surface area contributed by atoms with Crippen LogP contribution in [0.4, 0.5) is 0 Å². The average molecular weight is 439 g/mol. The van der Waals surface area contributed by atoms with E-state index in [2.05, 4.69) is 5.32 Å². The van der Waals surface area contributed by atoms with Gasteiger partial charge in [-0.05, 0) is 60.2 Å². The quantitative estimate of drug-likeness (QED) is 0.751. The summed E-state index contributed by atoms with van der Waals surface area (Å²) in [5, 5.41) is 12.2. The zero-order valence-electron chi connectivity index (χ0n) is 18.2. The summed E-state index contributed by atoms with van der Waals surface area (Å²) in [4.78, 5) is 27.4. The smallest absolute Gasteiger partial charge is 0.253 e. The van der Waals surface area contributed by atoms with Gasteiger partial charge in [-0.15, -0.1) is 0 Å². The van der Waals surface area contributed by atoms with E-state index >= 15 is 0 Å². The number of nitrogens with zero attached hydrogens (tertiary/aromatic N) is 1. The first-order valence-corrected chi connectivity index (χ1v) is 11.2. The summed E-state index contributed by atoms with van der Waals surface area (Å²) >= 11 is 0. The van der Waals surface area contributed by atoms with Gasteiger partial charge in [-0.2, -0.15) is 0 Å². The van der Waals surface area contributed by atoms with Gasteiger partial charge in [0.2, 0.25) is 0 Å². The molecule has 0 saturated carbocycles. The number of aliphatic hydroxyl groups is 1. The molecule has 7 heteroatoms. The molecule has 1 fully saturated rings. The molecule has 0 unspecified atom stereocenters. The third-order valence-corrected chi connectivity index (χ3v) is 6.07. The van der Waals surface area contributed by atoms with Crippen molar-refractivity contribution in [2.75, 3.05) is 46.1 Å². The van der Waals surface area contributed by atoms with Gasteiger partial charge in [-0.25, -0.2) is 0 Å². The van der Waals surface area contributed by atoms with Crippen molar-refractivity contribution in [3.8, 4) is 5.75 Å². The number of carbonyl (C=O) groups excluding carboxylic acids is 2. The van der Waals surface area contributed by atoms with Crippen LogP contribution in [0.25, 0.3) is 0 Å². The Balaban J connectivity index is 1.59. The van der Waals surface area contributed by atoms with Crippen LogP contribution < -0.4 is 10.1 Å². The largest absolute Gasteiger partial charge is 0.491 e. The lowest BCUT2D eigenvalue weighted by molar-refractivity contribution is 0.0650. The third-order valence-electron chi connectivity index (χ3n) is 6.07. The maximum atomic E-state index is 13.1. The molecule has 170 valence electrons. The van der Waals surface area contributed by atoms with Gasteiger partial charge < -0.3 is 24.8 Å². The summed E-state index contributed by atoms with van der Waals surface area (Å²) in [5.41, 5.74) is 3.10. The molecule has 2 heterocycles. The van der Waals surface area contributed by atoms with Gasteiger partial charge in [0.1, 0.15) is 12.4 Å². The topological polar surface area (TPSA) is 88.1 Å². The molecule has 2 bridgehead atoms.